The van der Waals surface area contributed by atoms with Crippen molar-refractivity contribution in [3.05, 3.63) is 30.3 Å². The lowest BCUT2D eigenvalue weighted by Crippen LogP contribution is -2.34. The summed E-state index contributed by atoms with van der Waals surface area (Å²) in [4.78, 5) is 23.4. The summed E-state index contributed by atoms with van der Waals surface area (Å²) in [6.07, 6.45) is 0.633. The number of nitrogens with zero attached hydrogens (tertiary/aromatic N) is 1. The number of rotatable bonds is 5. The Morgan fingerprint density at radius 1 is 1.05 bits per heavy atom. The summed E-state index contributed by atoms with van der Waals surface area (Å²) >= 11 is 0. The van der Waals surface area contributed by atoms with E-state index in [1.54, 1.807) is 0 Å². The third-order valence-electron chi connectivity index (χ3n) is 2.30. The molecule has 1 aromatic rings. The van der Waals surface area contributed by atoms with E-state index in [4.69, 9.17) is 4.74 Å². The highest BCUT2D eigenvalue weighted by Gasteiger charge is 2.12. The van der Waals surface area contributed by atoms with Crippen LogP contribution in [0.25, 0.3) is 0 Å². The molecule has 0 saturated carbocycles. The molecule has 0 saturated heterocycles. The molecule has 1 aromatic carbocycles. The van der Waals surface area contributed by atoms with Crippen molar-refractivity contribution >= 4 is 11.8 Å². The van der Waals surface area contributed by atoms with Crippen molar-refractivity contribution in [3.63, 3.8) is 0 Å². The van der Waals surface area contributed by atoms with Gasteiger partial charge in [0.2, 0.25) is 11.8 Å². The molecule has 0 aliphatic carbocycles. The first-order valence-corrected chi connectivity index (χ1v) is 6.58. The van der Waals surface area contributed by atoms with Crippen LogP contribution in [0.4, 0.5) is 0 Å². The number of hydrogen-bond donors (Lipinski definition) is 0. The highest BCUT2D eigenvalue weighted by Crippen LogP contribution is 2.08. The van der Waals surface area contributed by atoms with Crippen molar-refractivity contribution in [3.8, 4) is 5.75 Å². The Morgan fingerprint density at radius 2 is 1.58 bits per heavy atom. The molecule has 0 aromatic heterocycles. The number of hydrogen-bond acceptors (Lipinski definition) is 3. The number of benzene rings is 1. The summed E-state index contributed by atoms with van der Waals surface area (Å²) in [6, 6.07) is 9.45. The molecule has 0 unspecified atom stereocenters. The monoisotopic (exact) mass is 265 g/mol. The maximum Gasteiger partial charge on any atom is 0.226 e. The lowest BCUT2D eigenvalue weighted by atomic mass is 10.3. The minimum absolute atomic E-state index is 0.225. The van der Waals surface area contributed by atoms with Crippen LogP contribution in [0.3, 0.4) is 0 Å². The van der Waals surface area contributed by atoms with Gasteiger partial charge in [-0.3, -0.25) is 14.5 Å². The maximum absolute atomic E-state index is 11.1. The van der Waals surface area contributed by atoms with Crippen molar-refractivity contribution in [2.75, 3.05) is 13.2 Å². The predicted octanol–water partition coefficient (Wildman–Crippen LogP) is 2.88. The summed E-state index contributed by atoms with van der Waals surface area (Å²) < 4.78 is 5.47. The first-order valence-electron chi connectivity index (χ1n) is 6.58. The molecule has 0 spiro atoms. The van der Waals surface area contributed by atoms with Gasteiger partial charge in [0.15, 0.2) is 0 Å². The smallest absolute Gasteiger partial charge is 0.226 e. The van der Waals surface area contributed by atoms with Gasteiger partial charge in [-0.15, -0.1) is 0 Å². The summed E-state index contributed by atoms with van der Waals surface area (Å²) in [5.41, 5.74) is 0. The van der Waals surface area contributed by atoms with Crippen molar-refractivity contribution < 1.29 is 14.3 Å². The lowest BCUT2D eigenvalue weighted by Gasteiger charge is -2.16. The van der Waals surface area contributed by atoms with Crippen LogP contribution >= 0.6 is 0 Å². The Balaban J connectivity index is 0.00000154. The number of ether oxygens (including phenoxy) is 1. The minimum Gasteiger partial charge on any atom is -0.494 e. The summed E-state index contributed by atoms with van der Waals surface area (Å²) in [6.45, 7) is 7.66. The van der Waals surface area contributed by atoms with Gasteiger partial charge in [-0.05, 0) is 18.6 Å². The van der Waals surface area contributed by atoms with E-state index in [0.29, 0.717) is 19.6 Å². The zero-order valence-corrected chi connectivity index (χ0v) is 12.2. The van der Waals surface area contributed by atoms with Crippen LogP contribution < -0.4 is 4.74 Å². The molecular weight excluding hydrogens is 242 g/mol. The summed E-state index contributed by atoms with van der Waals surface area (Å²) in [7, 11) is 0. The fourth-order valence-corrected chi connectivity index (χ4v) is 1.47. The van der Waals surface area contributed by atoms with Crippen LogP contribution in [0.5, 0.6) is 5.75 Å². The number of amides is 2. The van der Waals surface area contributed by atoms with E-state index >= 15 is 0 Å². The van der Waals surface area contributed by atoms with Crippen LogP contribution in [-0.2, 0) is 9.59 Å². The first-order chi connectivity index (χ1) is 9.11. The zero-order chi connectivity index (χ0) is 14.7. The van der Waals surface area contributed by atoms with Crippen LogP contribution in [0.2, 0.25) is 0 Å². The van der Waals surface area contributed by atoms with Crippen LogP contribution in [-0.4, -0.2) is 29.9 Å². The molecule has 106 valence electrons. The molecule has 0 bridgehead atoms. The number of imide groups is 1. The molecular formula is C15H23NO3. The second-order valence-corrected chi connectivity index (χ2v) is 3.70. The van der Waals surface area contributed by atoms with E-state index in [2.05, 4.69) is 0 Å². The van der Waals surface area contributed by atoms with Crippen LogP contribution in [0, 0.1) is 0 Å². The van der Waals surface area contributed by atoms with Crippen molar-refractivity contribution in [1.29, 1.82) is 0 Å². The Bertz CT molecular complexity index is 362. The molecule has 0 N–H and O–H groups in total. The van der Waals surface area contributed by atoms with Gasteiger partial charge in [0.05, 0.1) is 6.61 Å². The van der Waals surface area contributed by atoms with E-state index in [-0.39, 0.29) is 11.8 Å². The maximum atomic E-state index is 11.1. The predicted molar refractivity (Wildman–Crippen MR) is 76.0 cm³/mol. The van der Waals surface area contributed by atoms with Gasteiger partial charge in [0, 0.05) is 20.4 Å². The molecule has 1 rings (SSSR count). The fraction of sp³-hybridized carbons (Fsp3) is 0.467. The molecule has 4 nitrogen and oxygen atoms in total. The Kier molecular flexibility index (Phi) is 9.14. The van der Waals surface area contributed by atoms with Gasteiger partial charge >= 0.3 is 0 Å². The van der Waals surface area contributed by atoms with Gasteiger partial charge in [-0.2, -0.15) is 0 Å². The Hall–Kier alpha value is -1.84. The van der Waals surface area contributed by atoms with Crippen molar-refractivity contribution in [2.45, 2.75) is 34.1 Å². The lowest BCUT2D eigenvalue weighted by molar-refractivity contribution is -0.142. The summed E-state index contributed by atoms with van der Waals surface area (Å²) in [5, 5.41) is 0. The Labute approximate surface area is 115 Å². The van der Waals surface area contributed by atoms with Gasteiger partial charge < -0.3 is 4.74 Å². The SMILES string of the molecule is CC.CC(=O)N(CCCOc1ccccc1)C(C)=O. The average Bonchev–Trinajstić information content (AvgIpc) is 2.41. The van der Waals surface area contributed by atoms with E-state index in [9.17, 15) is 9.59 Å². The highest BCUT2D eigenvalue weighted by molar-refractivity contribution is 5.92. The molecule has 0 aliphatic rings. The van der Waals surface area contributed by atoms with E-state index in [1.165, 1.54) is 18.7 Å². The molecule has 0 radical (unpaired) electrons. The third kappa shape index (κ3) is 7.24. The molecule has 2 amide bonds. The van der Waals surface area contributed by atoms with Crippen molar-refractivity contribution in [2.24, 2.45) is 0 Å². The van der Waals surface area contributed by atoms with E-state index < -0.39 is 0 Å². The number of carbonyl (C=O) groups is 2. The highest BCUT2D eigenvalue weighted by atomic mass is 16.5. The largest absolute Gasteiger partial charge is 0.494 e. The zero-order valence-electron chi connectivity index (χ0n) is 12.2. The summed E-state index contributed by atoms with van der Waals surface area (Å²) in [5.74, 6) is 0.346. The molecule has 19 heavy (non-hydrogen) atoms. The number of carbonyl (C=O) groups excluding carboxylic acids is 2. The third-order valence-corrected chi connectivity index (χ3v) is 2.30. The van der Waals surface area contributed by atoms with Gasteiger partial charge in [0.1, 0.15) is 5.75 Å². The van der Waals surface area contributed by atoms with E-state index in [0.717, 1.165) is 5.75 Å². The number of para-hydroxylation sites is 1. The second-order valence-electron chi connectivity index (χ2n) is 3.70. The Morgan fingerprint density at radius 3 is 2.05 bits per heavy atom. The van der Waals surface area contributed by atoms with Crippen LogP contribution in [0.1, 0.15) is 34.1 Å². The van der Waals surface area contributed by atoms with E-state index in [1.807, 2.05) is 44.2 Å². The standard InChI is InChI=1S/C13H17NO3.C2H6/c1-11(15)14(12(2)16)9-6-10-17-13-7-4-3-5-8-13;1-2/h3-5,7-8H,6,9-10H2,1-2H3;1-2H3. The molecule has 4 heteroatoms. The van der Waals surface area contributed by atoms with Gasteiger partial charge in [0.25, 0.3) is 0 Å². The van der Waals surface area contributed by atoms with Crippen LogP contribution in [0.15, 0.2) is 30.3 Å². The molecule has 0 atom stereocenters. The quantitative estimate of drug-likeness (QED) is 0.769. The second kappa shape index (κ2) is 10.1. The molecule has 0 heterocycles. The fourth-order valence-electron chi connectivity index (χ4n) is 1.47. The topological polar surface area (TPSA) is 46.6 Å². The normalized spacial score (nSPS) is 9.05. The minimum atomic E-state index is -0.225. The molecule has 0 fully saturated rings. The van der Waals surface area contributed by atoms with Gasteiger partial charge in [-0.1, -0.05) is 32.0 Å². The van der Waals surface area contributed by atoms with Gasteiger partial charge in [-0.25, -0.2) is 0 Å². The van der Waals surface area contributed by atoms with Crippen molar-refractivity contribution in [1.82, 2.24) is 4.90 Å². The average molecular weight is 265 g/mol. The first kappa shape index (κ1) is 17.2. The molecule has 0 aliphatic heterocycles.